The summed E-state index contributed by atoms with van der Waals surface area (Å²) in [6, 6.07) is 8.69. The van der Waals surface area contributed by atoms with Crippen molar-refractivity contribution in [1.82, 2.24) is 14.8 Å². The van der Waals surface area contributed by atoms with Crippen LogP contribution >= 0.6 is 23.4 Å². The van der Waals surface area contributed by atoms with Crippen molar-refractivity contribution in [2.24, 2.45) is 0 Å². The van der Waals surface area contributed by atoms with Gasteiger partial charge in [-0.3, -0.25) is 4.79 Å². The number of para-hydroxylation sites is 1. The number of nitrogens with one attached hydrogen (secondary N) is 1. The molecule has 1 aromatic heterocycles. The van der Waals surface area contributed by atoms with Crippen LogP contribution in [0.3, 0.4) is 0 Å². The van der Waals surface area contributed by atoms with Gasteiger partial charge in [0.05, 0.1) is 22.0 Å². The van der Waals surface area contributed by atoms with Gasteiger partial charge < -0.3 is 14.6 Å². The first kappa shape index (κ1) is 23.9. The first-order chi connectivity index (χ1) is 15.2. The molecular weight excluding hydrogens is 472 g/mol. The van der Waals surface area contributed by atoms with Gasteiger partial charge in [0.25, 0.3) is 0 Å². The van der Waals surface area contributed by atoms with Gasteiger partial charge in [0.2, 0.25) is 5.91 Å². The van der Waals surface area contributed by atoms with E-state index in [0.29, 0.717) is 23.3 Å². The maximum atomic E-state index is 13.2. The third-order valence-corrected chi connectivity index (χ3v) is 5.46. The predicted molar refractivity (Wildman–Crippen MR) is 112 cm³/mol. The summed E-state index contributed by atoms with van der Waals surface area (Å²) in [4.78, 5) is 12.2. The fourth-order valence-corrected chi connectivity index (χ4v) is 3.71. The number of hydrogen-bond acceptors (Lipinski definition) is 5. The molecule has 32 heavy (non-hydrogen) atoms. The topological polar surface area (TPSA) is 69.0 Å². The molecule has 12 heteroatoms. The van der Waals surface area contributed by atoms with Gasteiger partial charge in [-0.2, -0.15) is 13.2 Å². The molecule has 1 heterocycles. The van der Waals surface area contributed by atoms with Crippen LogP contribution in [0, 0.1) is 5.82 Å². The van der Waals surface area contributed by atoms with Crippen molar-refractivity contribution >= 4 is 35.0 Å². The highest BCUT2D eigenvalue weighted by atomic mass is 35.5. The van der Waals surface area contributed by atoms with Crippen molar-refractivity contribution in [2.45, 2.75) is 31.4 Å². The second-order valence-electron chi connectivity index (χ2n) is 6.39. The number of thioether (sulfide) groups is 1. The molecule has 0 aliphatic carbocycles. The van der Waals surface area contributed by atoms with E-state index in [4.69, 9.17) is 16.3 Å². The van der Waals surface area contributed by atoms with Gasteiger partial charge in [0.1, 0.15) is 18.2 Å². The monoisotopic (exact) mass is 488 g/mol. The fraction of sp³-hybridized carbons (Fsp3) is 0.250. The number of halogens is 5. The van der Waals surface area contributed by atoms with Gasteiger partial charge in [-0.05, 0) is 31.2 Å². The molecule has 0 unspecified atom stereocenters. The third-order valence-electron chi connectivity index (χ3n) is 4.21. The molecule has 0 saturated carbocycles. The number of anilines is 1. The van der Waals surface area contributed by atoms with Crippen LogP contribution in [0.1, 0.15) is 18.3 Å². The van der Waals surface area contributed by atoms with Crippen LogP contribution in [0.25, 0.3) is 0 Å². The Morgan fingerprint density at radius 3 is 2.66 bits per heavy atom. The molecule has 6 nitrogen and oxygen atoms in total. The van der Waals surface area contributed by atoms with Crippen LogP contribution in [0.2, 0.25) is 5.02 Å². The lowest BCUT2D eigenvalue weighted by Crippen LogP contribution is -2.18. The molecule has 0 bridgehead atoms. The minimum Gasteiger partial charge on any atom is -0.486 e. The third kappa shape index (κ3) is 5.92. The zero-order valence-electron chi connectivity index (χ0n) is 16.6. The van der Waals surface area contributed by atoms with Crippen LogP contribution < -0.4 is 10.1 Å². The highest BCUT2D eigenvalue weighted by Crippen LogP contribution is 2.34. The second-order valence-corrected chi connectivity index (χ2v) is 7.74. The van der Waals surface area contributed by atoms with Gasteiger partial charge in [0.15, 0.2) is 11.0 Å². The van der Waals surface area contributed by atoms with Crippen molar-refractivity contribution in [3.05, 3.63) is 64.7 Å². The van der Waals surface area contributed by atoms with Crippen LogP contribution in [-0.2, 0) is 24.1 Å². The van der Waals surface area contributed by atoms with Crippen molar-refractivity contribution < 1.29 is 27.1 Å². The zero-order chi connectivity index (χ0) is 23.3. The quantitative estimate of drug-likeness (QED) is 0.339. The van der Waals surface area contributed by atoms with E-state index in [1.54, 1.807) is 4.57 Å². The number of carbonyl (C=O) groups is 1. The van der Waals surface area contributed by atoms with Crippen LogP contribution in [0.4, 0.5) is 23.2 Å². The zero-order valence-corrected chi connectivity index (χ0v) is 18.2. The van der Waals surface area contributed by atoms with E-state index >= 15 is 0 Å². The van der Waals surface area contributed by atoms with Crippen molar-refractivity contribution in [1.29, 1.82) is 0 Å². The number of benzene rings is 2. The largest absolute Gasteiger partial charge is 0.486 e. The Morgan fingerprint density at radius 2 is 1.97 bits per heavy atom. The SMILES string of the molecule is CCn1c(COc2ccc(F)c(Cl)c2)nnc1SCC(=O)Nc1ccccc1C(F)(F)F. The van der Waals surface area contributed by atoms with Gasteiger partial charge in [-0.15, -0.1) is 10.2 Å². The number of rotatable bonds is 8. The molecule has 1 amide bonds. The minimum atomic E-state index is -4.58. The van der Waals surface area contributed by atoms with E-state index in [9.17, 15) is 22.4 Å². The molecule has 0 saturated heterocycles. The normalized spacial score (nSPS) is 11.4. The van der Waals surface area contributed by atoms with Crippen molar-refractivity contribution in [3.63, 3.8) is 0 Å². The first-order valence-corrected chi connectivity index (χ1v) is 10.6. The first-order valence-electron chi connectivity index (χ1n) is 9.27. The van der Waals surface area contributed by atoms with Crippen LogP contribution in [0.5, 0.6) is 5.75 Å². The molecule has 0 aliphatic rings. The molecule has 0 fully saturated rings. The maximum Gasteiger partial charge on any atom is 0.418 e. The van der Waals surface area contributed by atoms with Crippen LogP contribution in [-0.4, -0.2) is 26.4 Å². The van der Waals surface area contributed by atoms with Gasteiger partial charge >= 0.3 is 6.18 Å². The minimum absolute atomic E-state index is 0.0223. The lowest BCUT2D eigenvalue weighted by atomic mass is 10.1. The van der Waals surface area contributed by atoms with E-state index in [1.165, 1.54) is 36.4 Å². The van der Waals surface area contributed by atoms with Crippen molar-refractivity contribution in [2.75, 3.05) is 11.1 Å². The summed E-state index contributed by atoms with van der Waals surface area (Å²) in [7, 11) is 0. The molecule has 0 aliphatic heterocycles. The number of ether oxygens (including phenoxy) is 1. The maximum absolute atomic E-state index is 13.2. The van der Waals surface area contributed by atoms with Crippen molar-refractivity contribution in [3.8, 4) is 5.75 Å². The number of amides is 1. The molecule has 1 N–H and O–H groups in total. The Bertz CT molecular complexity index is 1110. The number of nitrogens with zero attached hydrogens (tertiary/aromatic N) is 3. The average Bonchev–Trinajstić information content (AvgIpc) is 3.14. The van der Waals surface area contributed by atoms with Crippen LogP contribution in [0.15, 0.2) is 47.6 Å². The van der Waals surface area contributed by atoms with E-state index in [-0.39, 0.29) is 23.1 Å². The van der Waals surface area contributed by atoms with E-state index in [1.807, 2.05) is 6.92 Å². The Labute approximate surface area is 189 Å². The summed E-state index contributed by atoms with van der Waals surface area (Å²) < 4.78 is 59.7. The molecule has 3 rings (SSSR count). The highest BCUT2D eigenvalue weighted by Gasteiger charge is 2.33. The molecule has 0 atom stereocenters. The summed E-state index contributed by atoms with van der Waals surface area (Å²) >= 11 is 6.76. The van der Waals surface area contributed by atoms with Gasteiger partial charge in [-0.25, -0.2) is 4.39 Å². The number of alkyl halides is 3. The van der Waals surface area contributed by atoms with E-state index in [0.717, 1.165) is 17.8 Å². The standard InChI is InChI=1S/C20H17ClF4N4O2S/c1-2-29-17(10-31-12-7-8-15(22)14(21)9-12)27-28-19(29)32-11-18(30)26-16-6-4-3-5-13(16)20(23,24)25/h3-9H,2,10-11H2,1H3,(H,26,30). The van der Waals surface area contributed by atoms with E-state index < -0.39 is 23.5 Å². The summed E-state index contributed by atoms with van der Waals surface area (Å²) in [5.41, 5.74) is -1.23. The summed E-state index contributed by atoms with van der Waals surface area (Å²) in [5, 5.41) is 10.7. The lowest BCUT2D eigenvalue weighted by molar-refractivity contribution is -0.137. The molecule has 0 radical (unpaired) electrons. The smallest absolute Gasteiger partial charge is 0.418 e. The summed E-state index contributed by atoms with van der Waals surface area (Å²) in [6.45, 7) is 2.33. The van der Waals surface area contributed by atoms with Gasteiger partial charge in [-0.1, -0.05) is 35.5 Å². The number of aromatic nitrogens is 3. The molecule has 2 aromatic carbocycles. The Balaban J connectivity index is 1.62. The Hall–Kier alpha value is -2.79. The fourth-order valence-electron chi connectivity index (χ4n) is 2.72. The highest BCUT2D eigenvalue weighted by molar-refractivity contribution is 7.99. The lowest BCUT2D eigenvalue weighted by Gasteiger charge is -2.13. The molecule has 0 spiro atoms. The Kier molecular flexibility index (Phi) is 7.62. The summed E-state index contributed by atoms with van der Waals surface area (Å²) in [6.07, 6.45) is -4.58. The summed E-state index contributed by atoms with van der Waals surface area (Å²) in [5.74, 6) is -0.544. The second kappa shape index (κ2) is 10.2. The predicted octanol–water partition coefficient (Wildman–Crippen LogP) is 5.42. The molecular formula is C20H17ClF4N4O2S. The van der Waals surface area contributed by atoms with E-state index in [2.05, 4.69) is 15.5 Å². The molecule has 3 aromatic rings. The van der Waals surface area contributed by atoms with Gasteiger partial charge in [0, 0.05) is 12.6 Å². The molecule has 170 valence electrons. The number of carbonyl (C=O) groups excluding carboxylic acids is 1. The number of hydrogen-bond donors (Lipinski definition) is 1. The average molecular weight is 489 g/mol. The Morgan fingerprint density at radius 1 is 1.22 bits per heavy atom.